The third kappa shape index (κ3) is 3.25. The lowest BCUT2D eigenvalue weighted by molar-refractivity contribution is 0.103. The Balaban J connectivity index is 2.12. The Morgan fingerprint density at radius 2 is 1.21 bits per heavy atom. The smallest absolute Gasteiger partial charge is 0.193 e. The minimum absolute atomic E-state index is 0.0362. The summed E-state index contributed by atoms with van der Waals surface area (Å²) in [7, 11) is 1.50. The van der Waals surface area contributed by atoms with Crippen molar-refractivity contribution in [3.8, 4) is 0 Å². The van der Waals surface area contributed by atoms with E-state index in [2.05, 4.69) is 5.16 Å². The number of hydrogen-bond acceptors (Lipinski definition) is 3. The van der Waals surface area contributed by atoms with Crippen LogP contribution in [0.2, 0.25) is 0 Å². The molecule has 0 atom stereocenters. The molecule has 0 amide bonds. The van der Waals surface area contributed by atoms with E-state index >= 15 is 0 Å². The first-order chi connectivity index (χ1) is 11.8. The van der Waals surface area contributed by atoms with Crippen LogP contribution in [0.4, 0.5) is 0 Å². The molecule has 0 N–H and O–H groups in total. The van der Waals surface area contributed by atoms with Gasteiger partial charge in [-0.1, -0.05) is 90.1 Å². The van der Waals surface area contributed by atoms with E-state index in [1.807, 2.05) is 84.9 Å². The van der Waals surface area contributed by atoms with E-state index in [0.29, 0.717) is 16.8 Å². The van der Waals surface area contributed by atoms with Crippen molar-refractivity contribution in [2.24, 2.45) is 5.16 Å². The van der Waals surface area contributed by atoms with Crippen molar-refractivity contribution in [2.45, 2.75) is 0 Å². The Hall–Kier alpha value is -3.20. The highest BCUT2D eigenvalue weighted by Gasteiger charge is 2.18. The predicted octanol–water partition coefficient (Wildman–Crippen LogP) is 4.32. The number of carbonyl (C=O) groups is 1. The lowest BCUT2D eigenvalue weighted by atomic mass is 9.93. The molecule has 3 aromatic rings. The SMILES string of the molecule is CO/N=C(\c1ccccc1)c1ccccc1C(=O)c1ccccc1. The first kappa shape index (κ1) is 15.7. The largest absolute Gasteiger partial charge is 0.399 e. The molecule has 0 saturated carbocycles. The van der Waals surface area contributed by atoms with Crippen molar-refractivity contribution in [3.63, 3.8) is 0 Å². The summed E-state index contributed by atoms with van der Waals surface area (Å²) in [5.74, 6) is -0.0362. The second-order valence-corrected chi connectivity index (χ2v) is 5.23. The summed E-state index contributed by atoms with van der Waals surface area (Å²) >= 11 is 0. The Morgan fingerprint density at radius 1 is 0.708 bits per heavy atom. The zero-order chi connectivity index (χ0) is 16.8. The van der Waals surface area contributed by atoms with Gasteiger partial charge >= 0.3 is 0 Å². The van der Waals surface area contributed by atoms with Crippen LogP contribution in [-0.2, 0) is 4.84 Å². The van der Waals surface area contributed by atoms with Crippen LogP contribution in [0.15, 0.2) is 90.1 Å². The van der Waals surface area contributed by atoms with E-state index in [-0.39, 0.29) is 5.78 Å². The second-order valence-electron chi connectivity index (χ2n) is 5.23. The highest BCUT2D eigenvalue weighted by molar-refractivity contribution is 6.21. The fraction of sp³-hybridized carbons (Fsp3) is 0.0476. The number of oxime groups is 1. The predicted molar refractivity (Wildman–Crippen MR) is 95.4 cm³/mol. The van der Waals surface area contributed by atoms with Crippen LogP contribution in [0, 0.1) is 0 Å². The monoisotopic (exact) mass is 315 g/mol. The molecule has 0 aliphatic carbocycles. The molecule has 0 saturated heterocycles. The first-order valence-electron chi connectivity index (χ1n) is 7.67. The van der Waals surface area contributed by atoms with Crippen LogP contribution >= 0.6 is 0 Å². The van der Waals surface area contributed by atoms with Gasteiger partial charge in [-0.05, 0) is 0 Å². The number of carbonyl (C=O) groups excluding carboxylic acids is 1. The molecule has 0 bridgehead atoms. The maximum atomic E-state index is 12.9. The van der Waals surface area contributed by atoms with Crippen molar-refractivity contribution in [1.29, 1.82) is 0 Å². The third-order valence-electron chi connectivity index (χ3n) is 3.69. The molecule has 0 aromatic heterocycles. The fourth-order valence-electron chi connectivity index (χ4n) is 2.58. The van der Waals surface area contributed by atoms with Gasteiger partial charge in [-0.3, -0.25) is 4.79 Å². The quantitative estimate of drug-likeness (QED) is 0.399. The number of benzene rings is 3. The van der Waals surface area contributed by atoms with E-state index < -0.39 is 0 Å². The number of nitrogens with zero attached hydrogens (tertiary/aromatic N) is 1. The Morgan fingerprint density at radius 3 is 1.79 bits per heavy atom. The van der Waals surface area contributed by atoms with Crippen molar-refractivity contribution >= 4 is 11.5 Å². The minimum Gasteiger partial charge on any atom is -0.399 e. The molecule has 0 fully saturated rings. The summed E-state index contributed by atoms with van der Waals surface area (Å²) in [6.07, 6.45) is 0. The molecule has 0 heterocycles. The van der Waals surface area contributed by atoms with Crippen LogP contribution in [0.1, 0.15) is 27.0 Å². The van der Waals surface area contributed by atoms with Crippen molar-refractivity contribution < 1.29 is 9.63 Å². The minimum atomic E-state index is -0.0362. The van der Waals surface area contributed by atoms with Crippen LogP contribution in [0.5, 0.6) is 0 Å². The molecule has 3 rings (SSSR count). The van der Waals surface area contributed by atoms with Crippen molar-refractivity contribution in [3.05, 3.63) is 107 Å². The van der Waals surface area contributed by atoms with Gasteiger partial charge in [0.2, 0.25) is 0 Å². The van der Waals surface area contributed by atoms with E-state index in [0.717, 1.165) is 11.1 Å². The van der Waals surface area contributed by atoms with E-state index in [4.69, 9.17) is 4.84 Å². The number of ketones is 1. The molecule has 118 valence electrons. The summed E-state index contributed by atoms with van der Waals surface area (Å²) in [6.45, 7) is 0. The van der Waals surface area contributed by atoms with Gasteiger partial charge in [0, 0.05) is 22.3 Å². The Labute approximate surface area is 141 Å². The average Bonchev–Trinajstić information content (AvgIpc) is 2.67. The van der Waals surface area contributed by atoms with Gasteiger partial charge < -0.3 is 4.84 Å². The van der Waals surface area contributed by atoms with Crippen LogP contribution < -0.4 is 0 Å². The molecule has 0 radical (unpaired) electrons. The van der Waals surface area contributed by atoms with E-state index in [9.17, 15) is 4.79 Å². The molecule has 3 aromatic carbocycles. The van der Waals surface area contributed by atoms with Gasteiger partial charge in [0.25, 0.3) is 0 Å². The summed E-state index contributed by atoms with van der Waals surface area (Å²) in [6, 6.07) is 26.4. The van der Waals surface area contributed by atoms with Gasteiger partial charge in [0.1, 0.15) is 12.8 Å². The van der Waals surface area contributed by atoms with Crippen LogP contribution in [0.25, 0.3) is 0 Å². The maximum absolute atomic E-state index is 12.9. The Bertz CT molecular complexity index is 855. The molecular formula is C21H17NO2. The van der Waals surface area contributed by atoms with Gasteiger partial charge in [0.05, 0.1) is 0 Å². The highest BCUT2D eigenvalue weighted by atomic mass is 16.6. The number of rotatable bonds is 5. The maximum Gasteiger partial charge on any atom is 0.193 e. The topological polar surface area (TPSA) is 38.7 Å². The molecular weight excluding hydrogens is 298 g/mol. The second kappa shape index (κ2) is 7.38. The van der Waals surface area contributed by atoms with Crippen molar-refractivity contribution in [2.75, 3.05) is 7.11 Å². The molecule has 24 heavy (non-hydrogen) atoms. The third-order valence-corrected chi connectivity index (χ3v) is 3.69. The molecule has 0 aliphatic rings. The summed E-state index contributed by atoms with van der Waals surface area (Å²) in [5.41, 5.74) is 3.53. The lowest BCUT2D eigenvalue weighted by Crippen LogP contribution is -2.12. The average molecular weight is 315 g/mol. The van der Waals surface area contributed by atoms with E-state index in [1.54, 1.807) is 0 Å². The standard InChI is InChI=1S/C21H17NO2/c1-24-22-20(16-10-4-2-5-11-16)18-14-8-9-15-19(18)21(23)17-12-6-3-7-13-17/h2-15H,1H3/b22-20+. The van der Waals surface area contributed by atoms with Gasteiger partial charge in [-0.15, -0.1) is 0 Å². The fourth-order valence-corrected chi connectivity index (χ4v) is 2.58. The zero-order valence-electron chi connectivity index (χ0n) is 13.3. The molecule has 3 nitrogen and oxygen atoms in total. The van der Waals surface area contributed by atoms with Crippen molar-refractivity contribution in [1.82, 2.24) is 0 Å². The summed E-state index contributed by atoms with van der Waals surface area (Å²) in [5, 5.41) is 4.17. The molecule has 0 aliphatic heterocycles. The molecule has 0 unspecified atom stereocenters. The molecule has 0 spiro atoms. The van der Waals surface area contributed by atoms with Crippen LogP contribution in [-0.4, -0.2) is 18.6 Å². The zero-order valence-corrected chi connectivity index (χ0v) is 13.3. The van der Waals surface area contributed by atoms with E-state index in [1.165, 1.54) is 7.11 Å². The summed E-state index contributed by atoms with van der Waals surface area (Å²) in [4.78, 5) is 17.9. The lowest BCUT2D eigenvalue weighted by Gasteiger charge is -2.11. The van der Waals surface area contributed by atoms with Gasteiger partial charge in [0.15, 0.2) is 5.78 Å². The summed E-state index contributed by atoms with van der Waals surface area (Å²) < 4.78 is 0. The normalized spacial score (nSPS) is 11.1. The van der Waals surface area contributed by atoms with Crippen LogP contribution in [0.3, 0.4) is 0 Å². The first-order valence-corrected chi connectivity index (χ1v) is 7.67. The Kier molecular flexibility index (Phi) is 4.82. The molecule has 3 heteroatoms. The number of hydrogen-bond donors (Lipinski definition) is 0. The van der Waals surface area contributed by atoms with Gasteiger partial charge in [-0.2, -0.15) is 0 Å². The highest BCUT2D eigenvalue weighted by Crippen LogP contribution is 2.19. The van der Waals surface area contributed by atoms with Gasteiger partial charge in [-0.25, -0.2) is 0 Å².